The monoisotopic (exact) mass is 371 g/mol. The fourth-order valence-corrected chi connectivity index (χ4v) is 3.85. The fraction of sp³-hybridized carbons (Fsp3) is 0.381. The average Bonchev–Trinajstić information content (AvgIpc) is 3.11. The van der Waals surface area contributed by atoms with Crippen molar-refractivity contribution >= 4 is 5.91 Å². The van der Waals surface area contributed by atoms with Gasteiger partial charge in [-0.2, -0.15) is 0 Å². The summed E-state index contributed by atoms with van der Waals surface area (Å²) >= 11 is 0. The Morgan fingerprint density at radius 3 is 2.85 bits per heavy atom. The lowest BCUT2D eigenvalue weighted by atomic mass is 9.74. The van der Waals surface area contributed by atoms with Crippen molar-refractivity contribution in [3.63, 3.8) is 0 Å². The van der Waals surface area contributed by atoms with Gasteiger partial charge in [0.25, 0.3) is 5.91 Å². The van der Waals surface area contributed by atoms with Crippen LogP contribution in [0.25, 0.3) is 0 Å². The van der Waals surface area contributed by atoms with Gasteiger partial charge in [0, 0.05) is 6.42 Å². The second-order valence-corrected chi connectivity index (χ2v) is 7.15. The van der Waals surface area contributed by atoms with Gasteiger partial charge in [-0.3, -0.25) is 4.79 Å². The van der Waals surface area contributed by atoms with Crippen molar-refractivity contribution < 1.29 is 23.8 Å². The third-order valence-electron chi connectivity index (χ3n) is 5.39. The van der Waals surface area contributed by atoms with Crippen LogP contribution in [0.5, 0.6) is 11.5 Å². The zero-order valence-electron chi connectivity index (χ0n) is 15.1. The number of methoxy groups -OCH3 is 1. The number of hydrogen-bond acceptors (Lipinski definition) is 4. The van der Waals surface area contributed by atoms with E-state index in [2.05, 4.69) is 11.4 Å². The van der Waals surface area contributed by atoms with Gasteiger partial charge < -0.3 is 19.9 Å². The molecular weight excluding hydrogens is 349 g/mol. The maximum Gasteiger partial charge on any atom is 0.255 e. The van der Waals surface area contributed by atoms with E-state index in [9.17, 15) is 14.3 Å². The number of benzene rings is 2. The standard InChI is InChI=1S/C21H22FNO4/c1-26-19-5-3-15(22)11-17(19)21(25)23-20(14-9-16(24)10-14)13-2-4-18-12(8-13)6-7-27-18/h2-5,8,11,14,16,20,24H,6-7,9-10H2,1H3,(H,23,25). The molecular formula is C21H22FNO4. The van der Waals surface area contributed by atoms with Crippen molar-refractivity contribution in [2.24, 2.45) is 5.92 Å². The predicted molar refractivity (Wildman–Crippen MR) is 97.5 cm³/mol. The molecule has 1 unspecified atom stereocenters. The zero-order valence-corrected chi connectivity index (χ0v) is 15.1. The molecule has 1 heterocycles. The van der Waals surface area contributed by atoms with Crippen molar-refractivity contribution in [2.45, 2.75) is 31.4 Å². The minimum absolute atomic E-state index is 0.129. The number of ether oxygens (including phenoxy) is 2. The van der Waals surface area contributed by atoms with E-state index in [0.29, 0.717) is 25.2 Å². The largest absolute Gasteiger partial charge is 0.496 e. The molecule has 1 fully saturated rings. The van der Waals surface area contributed by atoms with Gasteiger partial charge in [0.2, 0.25) is 0 Å². The molecule has 0 saturated heterocycles. The Bertz CT molecular complexity index is 863. The predicted octanol–water partition coefficient (Wildman–Crippen LogP) is 3.01. The van der Waals surface area contributed by atoms with Gasteiger partial charge in [-0.05, 0) is 60.2 Å². The highest BCUT2D eigenvalue weighted by atomic mass is 19.1. The first kappa shape index (κ1) is 17.8. The van der Waals surface area contributed by atoms with Crippen LogP contribution in [0, 0.1) is 11.7 Å². The normalized spacial score (nSPS) is 21.6. The first-order valence-electron chi connectivity index (χ1n) is 9.13. The summed E-state index contributed by atoms with van der Waals surface area (Å²) in [5.41, 5.74) is 2.25. The quantitative estimate of drug-likeness (QED) is 0.848. The van der Waals surface area contributed by atoms with E-state index in [1.807, 2.05) is 12.1 Å². The summed E-state index contributed by atoms with van der Waals surface area (Å²) in [7, 11) is 1.45. The smallest absolute Gasteiger partial charge is 0.255 e. The molecule has 1 aliphatic heterocycles. The maximum absolute atomic E-state index is 13.7. The van der Waals surface area contributed by atoms with E-state index in [4.69, 9.17) is 9.47 Å². The van der Waals surface area contributed by atoms with Crippen molar-refractivity contribution in [1.29, 1.82) is 0 Å². The third kappa shape index (κ3) is 3.49. The fourth-order valence-electron chi connectivity index (χ4n) is 3.85. The molecule has 5 nitrogen and oxygen atoms in total. The second-order valence-electron chi connectivity index (χ2n) is 7.15. The topological polar surface area (TPSA) is 67.8 Å². The van der Waals surface area contributed by atoms with Crippen LogP contribution in [0.15, 0.2) is 36.4 Å². The van der Waals surface area contributed by atoms with E-state index in [1.165, 1.54) is 25.3 Å². The molecule has 1 aliphatic carbocycles. The summed E-state index contributed by atoms with van der Waals surface area (Å²) < 4.78 is 24.4. The van der Waals surface area contributed by atoms with Crippen LogP contribution in [0.1, 0.15) is 40.4 Å². The van der Waals surface area contributed by atoms with E-state index in [1.54, 1.807) is 0 Å². The van der Waals surface area contributed by atoms with Gasteiger partial charge in [0.1, 0.15) is 17.3 Å². The summed E-state index contributed by atoms with van der Waals surface area (Å²) in [6, 6.07) is 9.55. The van der Waals surface area contributed by atoms with E-state index < -0.39 is 11.7 Å². The van der Waals surface area contributed by atoms with Crippen LogP contribution in [-0.2, 0) is 6.42 Å². The molecule has 1 atom stereocenters. The van der Waals surface area contributed by atoms with Gasteiger partial charge in [0.15, 0.2) is 0 Å². The number of carbonyl (C=O) groups is 1. The SMILES string of the molecule is COc1ccc(F)cc1C(=O)NC(c1ccc2c(c1)CCO2)C1CC(O)C1. The minimum Gasteiger partial charge on any atom is -0.496 e. The Kier molecular flexibility index (Phi) is 4.74. The van der Waals surface area contributed by atoms with Crippen molar-refractivity contribution in [1.82, 2.24) is 5.32 Å². The van der Waals surface area contributed by atoms with Crippen LogP contribution < -0.4 is 14.8 Å². The number of aliphatic hydroxyl groups excluding tert-OH is 1. The molecule has 1 saturated carbocycles. The molecule has 0 aromatic heterocycles. The van der Waals surface area contributed by atoms with Crippen LogP contribution >= 0.6 is 0 Å². The Hall–Kier alpha value is -2.60. The van der Waals surface area contributed by atoms with E-state index >= 15 is 0 Å². The van der Waals surface area contributed by atoms with Gasteiger partial charge >= 0.3 is 0 Å². The molecule has 4 rings (SSSR count). The van der Waals surface area contributed by atoms with Gasteiger partial charge in [-0.1, -0.05) is 6.07 Å². The van der Waals surface area contributed by atoms with Crippen LogP contribution in [0.3, 0.4) is 0 Å². The molecule has 1 amide bonds. The molecule has 2 aromatic carbocycles. The Balaban J connectivity index is 1.62. The van der Waals surface area contributed by atoms with Gasteiger partial charge in [-0.25, -0.2) is 4.39 Å². The number of hydrogen-bond donors (Lipinski definition) is 2. The lowest BCUT2D eigenvalue weighted by Crippen LogP contribution is -2.41. The van der Waals surface area contributed by atoms with Gasteiger partial charge in [-0.15, -0.1) is 0 Å². The number of nitrogens with one attached hydrogen (secondary N) is 1. The summed E-state index contributed by atoms with van der Waals surface area (Å²) in [5, 5.41) is 12.8. The Morgan fingerprint density at radius 2 is 2.11 bits per heavy atom. The Morgan fingerprint density at radius 1 is 1.30 bits per heavy atom. The highest BCUT2D eigenvalue weighted by Gasteiger charge is 2.36. The van der Waals surface area contributed by atoms with E-state index in [0.717, 1.165) is 23.3 Å². The third-order valence-corrected chi connectivity index (χ3v) is 5.39. The van der Waals surface area contributed by atoms with Crippen molar-refractivity contribution in [3.05, 3.63) is 58.9 Å². The van der Waals surface area contributed by atoms with Crippen molar-refractivity contribution in [2.75, 3.05) is 13.7 Å². The summed E-state index contributed by atoms with van der Waals surface area (Å²) in [6.45, 7) is 0.665. The number of fused-ring (bicyclic) bond motifs is 1. The molecule has 2 aliphatic rings. The number of aliphatic hydroxyl groups is 1. The number of carbonyl (C=O) groups excluding carboxylic acids is 1. The van der Waals surface area contributed by atoms with Crippen LogP contribution in [0.4, 0.5) is 4.39 Å². The van der Waals surface area contributed by atoms with E-state index in [-0.39, 0.29) is 23.6 Å². The Labute approximate surface area is 157 Å². The summed E-state index contributed by atoms with van der Waals surface area (Å²) in [4.78, 5) is 12.9. The molecule has 142 valence electrons. The number of halogens is 1. The zero-order chi connectivity index (χ0) is 19.0. The van der Waals surface area contributed by atoms with Crippen LogP contribution in [-0.4, -0.2) is 30.8 Å². The number of rotatable bonds is 5. The number of amides is 1. The maximum atomic E-state index is 13.7. The molecule has 27 heavy (non-hydrogen) atoms. The summed E-state index contributed by atoms with van der Waals surface area (Å²) in [5.74, 6) is 0.442. The molecule has 0 spiro atoms. The first-order valence-corrected chi connectivity index (χ1v) is 9.13. The average molecular weight is 371 g/mol. The molecule has 0 bridgehead atoms. The summed E-state index contributed by atoms with van der Waals surface area (Å²) in [6.07, 6.45) is 1.75. The van der Waals surface area contributed by atoms with Crippen molar-refractivity contribution in [3.8, 4) is 11.5 Å². The second kappa shape index (κ2) is 7.19. The lowest BCUT2D eigenvalue weighted by molar-refractivity contribution is 0.0235. The first-order chi connectivity index (χ1) is 13.0. The van der Waals surface area contributed by atoms with Crippen LogP contribution in [0.2, 0.25) is 0 Å². The lowest BCUT2D eigenvalue weighted by Gasteiger charge is -2.38. The molecule has 2 aromatic rings. The highest BCUT2D eigenvalue weighted by Crippen LogP contribution is 2.40. The highest BCUT2D eigenvalue weighted by molar-refractivity contribution is 5.97. The minimum atomic E-state index is -0.494. The molecule has 0 radical (unpaired) electrons. The van der Waals surface area contributed by atoms with Gasteiger partial charge in [0.05, 0.1) is 31.4 Å². The molecule has 2 N–H and O–H groups in total. The molecule has 6 heteroatoms.